The fraction of sp³-hybridized carbons (Fsp3) is 0.136. The number of aromatic amines is 1. The zero-order valence-electron chi connectivity index (χ0n) is 15.5. The molecule has 0 aliphatic heterocycles. The fourth-order valence-corrected chi connectivity index (χ4v) is 4.12. The molecule has 28 heavy (non-hydrogen) atoms. The largest absolute Gasteiger partial charge is 0.355 e. The maximum Gasteiger partial charge on any atom is 0.251 e. The smallest absolute Gasteiger partial charge is 0.251 e. The first-order valence-corrected chi connectivity index (χ1v) is 9.94. The number of carbonyl (C=O) groups excluding carboxylic acids is 1. The number of allylic oxidation sites excluding steroid dienone is 2. The maximum absolute atomic E-state index is 12.1. The molecule has 5 nitrogen and oxygen atoms in total. The van der Waals surface area contributed by atoms with Crippen molar-refractivity contribution in [2.24, 2.45) is 0 Å². The van der Waals surface area contributed by atoms with Gasteiger partial charge in [-0.3, -0.25) is 14.9 Å². The number of benzene rings is 1. The van der Waals surface area contributed by atoms with E-state index in [1.54, 1.807) is 25.0 Å². The average molecular weight is 388 g/mol. The second-order valence-corrected chi connectivity index (χ2v) is 7.46. The highest BCUT2D eigenvalue weighted by Crippen LogP contribution is 2.36. The van der Waals surface area contributed by atoms with Gasteiger partial charge in [0.25, 0.3) is 5.91 Å². The van der Waals surface area contributed by atoms with Gasteiger partial charge in [0.2, 0.25) is 0 Å². The van der Waals surface area contributed by atoms with Gasteiger partial charge in [0, 0.05) is 34.0 Å². The summed E-state index contributed by atoms with van der Waals surface area (Å²) in [4.78, 5) is 18.5. The molecule has 140 valence electrons. The lowest BCUT2D eigenvalue weighted by Crippen LogP contribution is -2.21. The highest BCUT2D eigenvalue weighted by atomic mass is 32.2. The molecule has 3 aromatic rings. The van der Waals surface area contributed by atoms with E-state index in [0.717, 1.165) is 50.5 Å². The molecule has 0 fully saturated rings. The Labute approximate surface area is 167 Å². The lowest BCUT2D eigenvalue weighted by atomic mass is 10.1. The van der Waals surface area contributed by atoms with Crippen LogP contribution in [0.5, 0.6) is 0 Å². The quantitative estimate of drug-likeness (QED) is 0.672. The fourth-order valence-electron chi connectivity index (χ4n) is 3.06. The first-order valence-electron chi connectivity index (χ1n) is 9.12. The number of fused-ring (bicyclic) bond motifs is 1. The highest BCUT2D eigenvalue weighted by molar-refractivity contribution is 8.03. The van der Waals surface area contributed by atoms with Crippen LogP contribution in [0.4, 0.5) is 0 Å². The zero-order valence-corrected chi connectivity index (χ0v) is 16.3. The van der Waals surface area contributed by atoms with E-state index in [9.17, 15) is 4.79 Å². The Bertz CT molecular complexity index is 1100. The van der Waals surface area contributed by atoms with Crippen molar-refractivity contribution in [3.8, 4) is 0 Å². The number of pyridine rings is 1. The number of nitrogens with one attached hydrogen (secondary N) is 2. The molecule has 0 atom stereocenters. The van der Waals surface area contributed by atoms with Gasteiger partial charge in [-0.1, -0.05) is 30.0 Å². The summed E-state index contributed by atoms with van der Waals surface area (Å²) >= 11 is 1.61. The van der Waals surface area contributed by atoms with Gasteiger partial charge < -0.3 is 5.32 Å². The molecule has 2 N–H and O–H groups in total. The molecule has 1 amide bonds. The number of rotatable bonds is 5. The van der Waals surface area contributed by atoms with Crippen molar-refractivity contribution in [1.82, 2.24) is 20.5 Å². The minimum Gasteiger partial charge on any atom is -0.355 e. The van der Waals surface area contributed by atoms with Crippen LogP contribution in [-0.4, -0.2) is 28.1 Å². The molecule has 2 heterocycles. The zero-order chi connectivity index (χ0) is 19.3. The summed E-state index contributed by atoms with van der Waals surface area (Å²) in [6.07, 6.45) is 11.7. The van der Waals surface area contributed by atoms with Crippen LogP contribution in [0, 0.1) is 0 Å². The molecule has 0 radical (unpaired) electrons. The summed E-state index contributed by atoms with van der Waals surface area (Å²) in [6, 6.07) is 12.0. The summed E-state index contributed by atoms with van der Waals surface area (Å²) in [6.45, 7) is 0. The molecular weight excluding hydrogens is 368 g/mol. The molecule has 2 aromatic heterocycles. The molecule has 4 rings (SSSR count). The summed E-state index contributed by atoms with van der Waals surface area (Å²) in [5, 5.41) is 11.3. The van der Waals surface area contributed by atoms with Crippen LogP contribution in [0.25, 0.3) is 23.1 Å². The molecule has 0 bridgehead atoms. The lowest BCUT2D eigenvalue weighted by Gasteiger charge is -2.14. The third kappa shape index (κ3) is 3.92. The van der Waals surface area contributed by atoms with Crippen molar-refractivity contribution in [3.05, 3.63) is 76.6 Å². The molecule has 1 aliphatic rings. The van der Waals surface area contributed by atoms with Gasteiger partial charge in [-0.05, 0) is 55.3 Å². The van der Waals surface area contributed by atoms with Crippen molar-refractivity contribution in [3.63, 3.8) is 0 Å². The van der Waals surface area contributed by atoms with Gasteiger partial charge in [0.15, 0.2) is 0 Å². The summed E-state index contributed by atoms with van der Waals surface area (Å²) < 4.78 is 0. The molecular formula is C22H20N4OS. The predicted octanol–water partition coefficient (Wildman–Crippen LogP) is 4.57. The van der Waals surface area contributed by atoms with Gasteiger partial charge in [0.1, 0.15) is 0 Å². The third-order valence-corrected chi connectivity index (χ3v) is 5.57. The van der Waals surface area contributed by atoms with Gasteiger partial charge in [-0.15, -0.1) is 0 Å². The Kier molecular flexibility index (Phi) is 5.39. The van der Waals surface area contributed by atoms with Gasteiger partial charge in [0.05, 0.1) is 16.9 Å². The topological polar surface area (TPSA) is 70.7 Å². The monoisotopic (exact) mass is 388 g/mol. The maximum atomic E-state index is 12.1. The number of nitrogens with zero attached hydrogens (tertiary/aromatic N) is 2. The molecule has 0 saturated carbocycles. The number of carbonyl (C=O) groups is 1. The molecule has 1 aliphatic carbocycles. The molecule has 0 unspecified atom stereocenters. The Morgan fingerprint density at radius 1 is 1.18 bits per heavy atom. The van der Waals surface area contributed by atoms with Crippen LogP contribution in [0.2, 0.25) is 0 Å². The van der Waals surface area contributed by atoms with Crippen LogP contribution in [0.15, 0.2) is 70.1 Å². The van der Waals surface area contributed by atoms with Crippen molar-refractivity contribution >= 4 is 40.7 Å². The lowest BCUT2D eigenvalue weighted by molar-refractivity contribution is -0.116. The third-order valence-electron chi connectivity index (χ3n) is 4.47. The van der Waals surface area contributed by atoms with Crippen LogP contribution >= 0.6 is 11.8 Å². The molecule has 0 spiro atoms. The molecule has 0 saturated heterocycles. The van der Waals surface area contributed by atoms with Crippen molar-refractivity contribution in [1.29, 1.82) is 0 Å². The number of H-pyrrole nitrogens is 1. The second kappa shape index (κ2) is 8.27. The number of hydrogen-bond acceptors (Lipinski definition) is 4. The average Bonchev–Trinajstić information content (AvgIpc) is 3.15. The van der Waals surface area contributed by atoms with Crippen molar-refractivity contribution in [2.45, 2.75) is 17.7 Å². The number of amides is 1. The first-order chi connectivity index (χ1) is 13.7. The highest BCUT2D eigenvalue weighted by Gasteiger charge is 2.17. The van der Waals surface area contributed by atoms with Gasteiger partial charge in [-0.2, -0.15) is 5.10 Å². The predicted molar refractivity (Wildman–Crippen MR) is 115 cm³/mol. The minimum atomic E-state index is -0.0389. The summed E-state index contributed by atoms with van der Waals surface area (Å²) in [7, 11) is 1.66. The molecule has 1 aromatic carbocycles. The number of thioether (sulfide) groups is 1. The van der Waals surface area contributed by atoms with Crippen molar-refractivity contribution in [2.75, 3.05) is 7.05 Å². The minimum absolute atomic E-state index is 0.0389. The normalized spacial score (nSPS) is 14.2. The van der Waals surface area contributed by atoms with E-state index in [4.69, 9.17) is 0 Å². The SMILES string of the molecule is CNC(=O)C1=CCCC=C1Sc1ccc2c(/C=C/c3ccccn3)n[nH]c2c1. The summed E-state index contributed by atoms with van der Waals surface area (Å²) in [5.74, 6) is -0.0389. The van der Waals surface area contributed by atoms with E-state index in [-0.39, 0.29) is 5.91 Å². The number of hydrogen-bond donors (Lipinski definition) is 2. The van der Waals surface area contributed by atoms with Gasteiger partial charge >= 0.3 is 0 Å². The standard InChI is InChI=1S/C22H20N4OS/c1-23-22(27)18-7-2-3-8-21(18)28-16-10-11-17-19(25-26-20(17)14-16)12-9-15-6-4-5-13-24-15/h4-14H,2-3H2,1H3,(H,23,27)(H,25,26)/b12-9+. The second-order valence-electron chi connectivity index (χ2n) is 6.35. The number of likely N-dealkylation sites (N-methyl/N-ethyl adjacent to an activating group) is 1. The van der Waals surface area contributed by atoms with E-state index in [2.05, 4.69) is 44.8 Å². The van der Waals surface area contributed by atoms with E-state index in [1.807, 2.05) is 36.4 Å². The van der Waals surface area contributed by atoms with Crippen LogP contribution in [-0.2, 0) is 4.79 Å². The van der Waals surface area contributed by atoms with Crippen LogP contribution in [0.1, 0.15) is 24.2 Å². The van der Waals surface area contributed by atoms with E-state index in [0.29, 0.717) is 0 Å². The Morgan fingerprint density at radius 2 is 2.07 bits per heavy atom. The number of aromatic nitrogens is 3. The Hall–Kier alpha value is -3.12. The molecule has 6 heteroatoms. The Morgan fingerprint density at radius 3 is 2.89 bits per heavy atom. The first kappa shape index (κ1) is 18.3. The van der Waals surface area contributed by atoms with E-state index >= 15 is 0 Å². The summed E-state index contributed by atoms with van der Waals surface area (Å²) in [5.41, 5.74) is 3.48. The van der Waals surface area contributed by atoms with Crippen LogP contribution in [0.3, 0.4) is 0 Å². The van der Waals surface area contributed by atoms with Crippen molar-refractivity contribution < 1.29 is 4.79 Å². The Balaban J connectivity index is 1.56. The van der Waals surface area contributed by atoms with E-state index < -0.39 is 0 Å². The van der Waals surface area contributed by atoms with Crippen LogP contribution < -0.4 is 5.32 Å². The van der Waals surface area contributed by atoms with E-state index in [1.165, 1.54) is 0 Å². The van der Waals surface area contributed by atoms with Gasteiger partial charge in [-0.25, -0.2) is 0 Å².